The summed E-state index contributed by atoms with van der Waals surface area (Å²) >= 11 is 0. The molecule has 6 nitrogen and oxygen atoms in total. The van der Waals surface area contributed by atoms with Crippen molar-refractivity contribution in [2.24, 2.45) is 0 Å². The molecule has 0 bridgehead atoms. The van der Waals surface area contributed by atoms with Crippen LogP contribution in [0.3, 0.4) is 0 Å². The van der Waals surface area contributed by atoms with Gasteiger partial charge in [0.15, 0.2) is 5.67 Å². The van der Waals surface area contributed by atoms with Gasteiger partial charge < -0.3 is 10.4 Å². The highest BCUT2D eigenvalue weighted by Crippen LogP contribution is 2.32. The highest BCUT2D eigenvalue weighted by molar-refractivity contribution is 5.88. The van der Waals surface area contributed by atoms with Gasteiger partial charge in [-0.05, 0) is 25.7 Å². The highest BCUT2D eigenvalue weighted by atomic mass is 19.3. The summed E-state index contributed by atoms with van der Waals surface area (Å²) in [5.41, 5.74) is -3.58. The Morgan fingerprint density at radius 3 is 2.52 bits per heavy atom. The topological polar surface area (TPSA) is 92.2 Å². The predicted molar refractivity (Wildman–Crippen MR) is 72.7 cm³/mol. The van der Waals surface area contributed by atoms with Crippen LogP contribution in [-0.2, 0) is 11.3 Å². The van der Waals surface area contributed by atoms with E-state index in [-0.39, 0.29) is 25.2 Å². The SMILES string of the molecule is O=C(O)c1cnc(CNC(=O)C2(F)CCCCC2)nc1C(F)F. The zero-order valence-electron chi connectivity index (χ0n) is 12.2. The van der Waals surface area contributed by atoms with Gasteiger partial charge in [-0.3, -0.25) is 4.79 Å². The van der Waals surface area contributed by atoms with Crippen LogP contribution in [0.5, 0.6) is 0 Å². The van der Waals surface area contributed by atoms with Crippen LogP contribution >= 0.6 is 0 Å². The van der Waals surface area contributed by atoms with Gasteiger partial charge in [0.1, 0.15) is 17.1 Å². The van der Waals surface area contributed by atoms with Crippen LogP contribution in [0, 0.1) is 0 Å². The second-order valence-corrected chi connectivity index (χ2v) is 5.40. The molecule has 0 saturated heterocycles. The molecule has 0 unspecified atom stereocenters. The monoisotopic (exact) mass is 331 g/mol. The van der Waals surface area contributed by atoms with E-state index in [4.69, 9.17) is 5.11 Å². The van der Waals surface area contributed by atoms with Gasteiger partial charge in [-0.1, -0.05) is 6.42 Å². The van der Waals surface area contributed by atoms with Crippen molar-refractivity contribution in [3.05, 3.63) is 23.3 Å². The number of rotatable bonds is 5. The molecule has 126 valence electrons. The Balaban J connectivity index is 2.07. The van der Waals surface area contributed by atoms with E-state index in [9.17, 15) is 22.8 Å². The number of carboxylic acids is 1. The molecule has 0 spiro atoms. The molecule has 1 aromatic heterocycles. The average Bonchev–Trinajstić information content (AvgIpc) is 2.52. The molecular formula is C14H16F3N3O3. The van der Waals surface area contributed by atoms with E-state index in [1.165, 1.54) is 0 Å². The van der Waals surface area contributed by atoms with Gasteiger partial charge in [-0.2, -0.15) is 0 Å². The third-order valence-corrected chi connectivity index (χ3v) is 3.77. The van der Waals surface area contributed by atoms with Crippen molar-refractivity contribution >= 4 is 11.9 Å². The number of hydrogen-bond acceptors (Lipinski definition) is 4. The lowest BCUT2D eigenvalue weighted by atomic mass is 9.86. The van der Waals surface area contributed by atoms with E-state index in [1.807, 2.05) is 0 Å². The summed E-state index contributed by atoms with van der Waals surface area (Å²) in [4.78, 5) is 29.8. The first-order chi connectivity index (χ1) is 10.8. The highest BCUT2D eigenvalue weighted by Gasteiger charge is 2.39. The number of aromatic nitrogens is 2. The third-order valence-electron chi connectivity index (χ3n) is 3.77. The normalized spacial score (nSPS) is 17.0. The maximum Gasteiger partial charge on any atom is 0.339 e. The van der Waals surface area contributed by atoms with E-state index in [0.717, 1.165) is 12.6 Å². The Bertz CT molecular complexity index is 604. The molecule has 1 fully saturated rings. The third kappa shape index (κ3) is 3.96. The van der Waals surface area contributed by atoms with E-state index in [2.05, 4.69) is 15.3 Å². The van der Waals surface area contributed by atoms with Crippen LogP contribution in [0.1, 0.15) is 60.4 Å². The number of nitrogens with zero attached hydrogens (tertiary/aromatic N) is 2. The molecule has 0 atom stereocenters. The lowest BCUT2D eigenvalue weighted by Crippen LogP contribution is -2.44. The van der Waals surface area contributed by atoms with Crippen LogP contribution in [-0.4, -0.2) is 32.6 Å². The molecule has 1 heterocycles. The Labute approximate surface area is 130 Å². The van der Waals surface area contributed by atoms with Gasteiger partial charge in [-0.25, -0.2) is 27.9 Å². The fourth-order valence-electron chi connectivity index (χ4n) is 2.51. The number of nitrogens with one attached hydrogen (secondary N) is 1. The molecule has 0 aromatic carbocycles. The number of amides is 1. The smallest absolute Gasteiger partial charge is 0.339 e. The lowest BCUT2D eigenvalue weighted by Gasteiger charge is -2.27. The Morgan fingerprint density at radius 2 is 1.96 bits per heavy atom. The number of carbonyl (C=O) groups excluding carboxylic acids is 1. The Hall–Kier alpha value is -2.19. The average molecular weight is 331 g/mol. The molecular weight excluding hydrogens is 315 g/mol. The fraction of sp³-hybridized carbons (Fsp3) is 0.571. The molecule has 0 aliphatic heterocycles. The van der Waals surface area contributed by atoms with Gasteiger partial charge >= 0.3 is 5.97 Å². The van der Waals surface area contributed by atoms with Crippen molar-refractivity contribution in [1.82, 2.24) is 15.3 Å². The number of carbonyl (C=O) groups is 2. The second kappa shape index (κ2) is 6.93. The van der Waals surface area contributed by atoms with E-state index >= 15 is 0 Å². The summed E-state index contributed by atoms with van der Waals surface area (Å²) in [6, 6.07) is 0. The summed E-state index contributed by atoms with van der Waals surface area (Å²) in [7, 11) is 0. The minimum absolute atomic E-state index is 0.125. The summed E-state index contributed by atoms with van der Waals surface area (Å²) < 4.78 is 40.0. The van der Waals surface area contributed by atoms with Crippen molar-refractivity contribution < 1.29 is 27.9 Å². The molecule has 1 aliphatic carbocycles. The summed E-state index contributed by atoms with van der Waals surface area (Å²) in [6.07, 6.45) is 0.0110. The van der Waals surface area contributed by atoms with E-state index in [1.54, 1.807) is 0 Å². The minimum Gasteiger partial charge on any atom is -0.478 e. The van der Waals surface area contributed by atoms with Crippen LogP contribution in [0.25, 0.3) is 0 Å². The molecule has 1 amide bonds. The maximum absolute atomic E-state index is 14.4. The van der Waals surface area contributed by atoms with Gasteiger partial charge in [0, 0.05) is 6.20 Å². The van der Waals surface area contributed by atoms with Crippen molar-refractivity contribution in [2.75, 3.05) is 0 Å². The summed E-state index contributed by atoms with van der Waals surface area (Å²) in [5.74, 6) is -2.58. The van der Waals surface area contributed by atoms with Gasteiger partial charge in [0.2, 0.25) is 0 Å². The van der Waals surface area contributed by atoms with Crippen molar-refractivity contribution in [1.29, 1.82) is 0 Å². The summed E-state index contributed by atoms with van der Waals surface area (Å²) in [6.45, 7) is -0.343. The van der Waals surface area contributed by atoms with Crippen molar-refractivity contribution in [2.45, 2.75) is 50.7 Å². The molecule has 1 aromatic rings. The van der Waals surface area contributed by atoms with Gasteiger partial charge in [0.05, 0.1) is 6.54 Å². The lowest BCUT2D eigenvalue weighted by molar-refractivity contribution is -0.135. The fourth-order valence-corrected chi connectivity index (χ4v) is 2.51. The molecule has 2 rings (SSSR count). The minimum atomic E-state index is -3.09. The standard InChI is InChI=1S/C14H16F3N3O3/c15-11(16)10-8(12(21)22)6-18-9(20-10)7-19-13(23)14(17)4-2-1-3-5-14/h6,11H,1-5,7H2,(H,19,23)(H,21,22). The number of alkyl halides is 3. The van der Waals surface area contributed by atoms with Gasteiger partial charge in [0.25, 0.3) is 12.3 Å². The zero-order valence-corrected chi connectivity index (χ0v) is 12.2. The van der Waals surface area contributed by atoms with E-state index in [0.29, 0.717) is 12.8 Å². The second-order valence-electron chi connectivity index (χ2n) is 5.40. The number of aromatic carboxylic acids is 1. The number of carboxylic acid groups (broad SMARTS) is 1. The van der Waals surface area contributed by atoms with Crippen LogP contribution in [0.15, 0.2) is 6.20 Å². The first-order valence-corrected chi connectivity index (χ1v) is 7.18. The molecule has 9 heteroatoms. The molecule has 1 aliphatic rings. The number of hydrogen-bond donors (Lipinski definition) is 2. The van der Waals surface area contributed by atoms with Crippen LogP contribution in [0.2, 0.25) is 0 Å². The Morgan fingerprint density at radius 1 is 1.30 bits per heavy atom. The summed E-state index contributed by atoms with van der Waals surface area (Å²) in [5, 5.41) is 11.1. The largest absolute Gasteiger partial charge is 0.478 e. The quantitative estimate of drug-likeness (QED) is 0.864. The first kappa shape index (κ1) is 17.2. The van der Waals surface area contributed by atoms with E-state index < -0.39 is 35.2 Å². The molecule has 0 radical (unpaired) electrons. The van der Waals surface area contributed by atoms with Crippen LogP contribution in [0.4, 0.5) is 13.2 Å². The molecule has 2 N–H and O–H groups in total. The van der Waals surface area contributed by atoms with Crippen LogP contribution < -0.4 is 5.32 Å². The predicted octanol–water partition coefficient (Wildman–Crippen LogP) is 2.40. The Kier molecular flexibility index (Phi) is 5.17. The molecule has 23 heavy (non-hydrogen) atoms. The zero-order chi connectivity index (χ0) is 17.0. The number of halogens is 3. The molecule has 1 saturated carbocycles. The van der Waals surface area contributed by atoms with Crippen molar-refractivity contribution in [3.63, 3.8) is 0 Å². The first-order valence-electron chi connectivity index (χ1n) is 7.18. The van der Waals surface area contributed by atoms with Crippen molar-refractivity contribution in [3.8, 4) is 0 Å². The van der Waals surface area contributed by atoms with Gasteiger partial charge in [-0.15, -0.1) is 0 Å². The maximum atomic E-state index is 14.4.